The van der Waals surface area contributed by atoms with Gasteiger partial charge in [-0.15, -0.1) is 0 Å². The third-order valence-electron chi connectivity index (χ3n) is 3.15. The van der Waals surface area contributed by atoms with Gasteiger partial charge < -0.3 is 4.79 Å². The zero-order chi connectivity index (χ0) is 14.0. The number of aldehydes is 1. The molecule has 0 N–H and O–H groups in total. The van der Waals surface area contributed by atoms with Gasteiger partial charge >= 0.3 is 0 Å². The normalized spacial score (nSPS) is 21.3. The van der Waals surface area contributed by atoms with Crippen molar-refractivity contribution >= 4 is 32.2 Å². The number of nitrogens with zero attached hydrogens (tertiary/aromatic N) is 1. The SMILES string of the molecule is O=CC1CCCCN1S(=O)(=O)c1ccc(Br)c(F)c1. The number of sulfonamides is 1. The molecule has 4 nitrogen and oxygen atoms in total. The molecule has 2 rings (SSSR count). The zero-order valence-corrected chi connectivity index (χ0v) is 12.5. The number of piperidine rings is 1. The minimum atomic E-state index is -3.82. The molecule has 7 heteroatoms. The molecule has 1 aliphatic rings. The van der Waals surface area contributed by atoms with Crippen LogP contribution in [0.4, 0.5) is 4.39 Å². The quantitative estimate of drug-likeness (QED) is 0.787. The molecule has 1 aromatic rings. The van der Waals surface area contributed by atoms with E-state index in [0.717, 1.165) is 16.8 Å². The Labute approximate surface area is 119 Å². The minimum absolute atomic E-state index is 0.123. The minimum Gasteiger partial charge on any atom is -0.302 e. The largest absolute Gasteiger partial charge is 0.302 e. The van der Waals surface area contributed by atoms with Crippen LogP contribution in [0.15, 0.2) is 27.6 Å². The second-order valence-corrected chi connectivity index (χ2v) is 7.14. The summed E-state index contributed by atoms with van der Waals surface area (Å²) in [5.74, 6) is -0.638. The number of benzene rings is 1. The van der Waals surface area contributed by atoms with Gasteiger partial charge in [-0.25, -0.2) is 12.8 Å². The lowest BCUT2D eigenvalue weighted by molar-refractivity contribution is -0.111. The van der Waals surface area contributed by atoms with Crippen molar-refractivity contribution in [3.8, 4) is 0 Å². The monoisotopic (exact) mass is 349 g/mol. The Balaban J connectivity index is 2.40. The first-order valence-corrected chi connectivity index (χ1v) is 8.12. The number of carbonyl (C=O) groups is 1. The van der Waals surface area contributed by atoms with Gasteiger partial charge in [-0.2, -0.15) is 4.31 Å². The molecule has 104 valence electrons. The van der Waals surface area contributed by atoms with Crippen molar-refractivity contribution in [2.75, 3.05) is 6.54 Å². The van der Waals surface area contributed by atoms with Crippen LogP contribution in [-0.2, 0) is 14.8 Å². The van der Waals surface area contributed by atoms with E-state index in [-0.39, 0.29) is 9.37 Å². The highest BCUT2D eigenvalue weighted by molar-refractivity contribution is 9.10. The molecule has 0 radical (unpaired) electrons. The third-order valence-corrected chi connectivity index (χ3v) is 5.72. The molecule has 1 aromatic carbocycles. The molecule has 0 bridgehead atoms. The van der Waals surface area contributed by atoms with Crippen LogP contribution in [0.5, 0.6) is 0 Å². The topological polar surface area (TPSA) is 54.5 Å². The molecule has 19 heavy (non-hydrogen) atoms. The Morgan fingerprint density at radius 1 is 1.37 bits per heavy atom. The van der Waals surface area contributed by atoms with Crippen LogP contribution in [0.1, 0.15) is 19.3 Å². The summed E-state index contributed by atoms with van der Waals surface area (Å²) in [6.07, 6.45) is 2.69. The van der Waals surface area contributed by atoms with Crippen LogP contribution < -0.4 is 0 Å². The Morgan fingerprint density at radius 3 is 2.74 bits per heavy atom. The second kappa shape index (κ2) is 5.68. The summed E-state index contributed by atoms with van der Waals surface area (Å²) in [5, 5.41) is 0. The number of halogens is 2. The van der Waals surface area contributed by atoms with Crippen molar-refractivity contribution in [2.24, 2.45) is 0 Å². The van der Waals surface area contributed by atoms with Gasteiger partial charge in [0.15, 0.2) is 0 Å². The highest BCUT2D eigenvalue weighted by atomic mass is 79.9. The van der Waals surface area contributed by atoms with Crippen LogP contribution in [-0.4, -0.2) is 31.6 Å². The maximum Gasteiger partial charge on any atom is 0.243 e. The second-order valence-electron chi connectivity index (χ2n) is 4.39. The number of hydrogen-bond donors (Lipinski definition) is 0. The third kappa shape index (κ3) is 2.88. The van der Waals surface area contributed by atoms with E-state index < -0.39 is 21.9 Å². The maximum absolute atomic E-state index is 13.5. The molecular weight excluding hydrogens is 337 g/mol. The van der Waals surface area contributed by atoms with E-state index in [1.54, 1.807) is 0 Å². The summed E-state index contributed by atoms with van der Waals surface area (Å²) >= 11 is 2.98. The Bertz CT molecular complexity index is 591. The van der Waals surface area contributed by atoms with Gasteiger partial charge in [0.05, 0.1) is 15.4 Å². The lowest BCUT2D eigenvalue weighted by atomic mass is 10.1. The molecule has 0 aliphatic carbocycles. The van der Waals surface area contributed by atoms with Crippen molar-refractivity contribution in [1.82, 2.24) is 4.31 Å². The highest BCUT2D eigenvalue weighted by Crippen LogP contribution is 2.26. The molecule has 1 heterocycles. The standard InChI is InChI=1S/C12H13BrFNO3S/c13-11-5-4-10(7-12(11)14)19(17,18)15-6-2-1-3-9(15)8-16/h4-5,7-9H,1-3,6H2. The zero-order valence-electron chi connectivity index (χ0n) is 10.1. The Hall–Kier alpha value is -0.790. The molecule has 0 aromatic heterocycles. The maximum atomic E-state index is 13.5. The molecule has 1 saturated heterocycles. The first-order valence-electron chi connectivity index (χ1n) is 5.89. The fourth-order valence-electron chi connectivity index (χ4n) is 2.14. The van der Waals surface area contributed by atoms with E-state index in [9.17, 15) is 17.6 Å². The van der Waals surface area contributed by atoms with Gasteiger partial charge in [-0.1, -0.05) is 6.42 Å². The fourth-order valence-corrected chi connectivity index (χ4v) is 4.03. The molecule has 1 fully saturated rings. The number of rotatable bonds is 3. The summed E-state index contributed by atoms with van der Waals surface area (Å²) in [5.41, 5.74) is 0. The smallest absolute Gasteiger partial charge is 0.243 e. The summed E-state index contributed by atoms with van der Waals surface area (Å²) < 4.78 is 39.6. The van der Waals surface area contributed by atoms with E-state index in [2.05, 4.69) is 15.9 Å². The molecule has 1 unspecified atom stereocenters. The molecular formula is C12H13BrFNO3S. The Kier molecular flexibility index (Phi) is 4.37. The van der Waals surface area contributed by atoms with Gasteiger partial charge in [0.1, 0.15) is 12.1 Å². The highest BCUT2D eigenvalue weighted by Gasteiger charge is 2.33. The van der Waals surface area contributed by atoms with Crippen LogP contribution in [0.2, 0.25) is 0 Å². The summed E-state index contributed by atoms with van der Waals surface area (Å²) in [6.45, 7) is 0.295. The van der Waals surface area contributed by atoms with Gasteiger partial charge in [0.25, 0.3) is 0 Å². The molecule has 0 amide bonds. The number of hydrogen-bond acceptors (Lipinski definition) is 3. The molecule has 1 aliphatic heterocycles. The van der Waals surface area contributed by atoms with Gasteiger partial charge in [-0.05, 0) is 47.0 Å². The van der Waals surface area contributed by atoms with Crippen molar-refractivity contribution < 1.29 is 17.6 Å². The first-order chi connectivity index (χ1) is 8.96. The number of carbonyl (C=O) groups excluding carboxylic acids is 1. The van der Waals surface area contributed by atoms with E-state index in [1.165, 1.54) is 12.1 Å². The van der Waals surface area contributed by atoms with Crippen molar-refractivity contribution in [2.45, 2.75) is 30.2 Å². The van der Waals surface area contributed by atoms with Gasteiger partial charge in [0, 0.05) is 6.54 Å². The van der Waals surface area contributed by atoms with E-state index in [0.29, 0.717) is 25.7 Å². The van der Waals surface area contributed by atoms with E-state index in [4.69, 9.17) is 0 Å². The van der Waals surface area contributed by atoms with Gasteiger partial charge in [0.2, 0.25) is 10.0 Å². The lowest BCUT2D eigenvalue weighted by Gasteiger charge is -2.31. The van der Waals surface area contributed by atoms with Crippen LogP contribution in [0.3, 0.4) is 0 Å². The average Bonchev–Trinajstić information content (AvgIpc) is 2.41. The van der Waals surface area contributed by atoms with E-state index in [1.807, 2.05) is 0 Å². The predicted molar refractivity (Wildman–Crippen MR) is 71.7 cm³/mol. The van der Waals surface area contributed by atoms with Crippen molar-refractivity contribution in [1.29, 1.82) is 0 Å². The molecule has 1 atom stereocenters. The van der Waals surface area contributed by atoms with Crippen molar-refractivity contribution in [3.05, 3.63) is 28.5 Å². The Morgan fingerprint density at radius 2 is 2.11 bits per heavy atom. The van der Waals surface area contributed by atoms with Crippen LogP contribution in [0.25, 0.3) is 0 Å². The molecule has 0 spiro atoms. The lowest BCUT2D eigenvalue weighted by Crippen LogP contribution is -2.44. The van der Waals surface area contributed by atoms with Crippen LogP contribution in [0, 0.1) is 5.82 Å². The first kappa shape index (κ1) is 14.6. The fraction of sp³-hybridized carbons (Fsp3) is 0.417. The van der Waals surface area contributed by atoms with Gasteiger partial charge in [-0.3, -0.25) is 0 Å². The van der Waals surface area contributed by atoms with E-state index >= 15 is 0 Å². The average molecular weight is 350 g/mol. The molecule has 0 saturated carbocycles. The predicted octanol–water partition coefficient (Wildman–Crippen LogP) is 2.33. The summed E-state index contributed by atoms with van der Waals surface area (Å²) in [4.78, 5) is 10.9. The van der Waals surface area contributed by atoms with Crippen molar-refractivity contribution in [3.63, 3.8) is 0 Å². The summed E-state index contributed by atoms with van der Waals surface area (Å²) in [7, 11) is -3.82. The van der Waals surface area contributed by atoms with Crippen LogP contribution >= 0.6 is 15.9 Å². The summed E-state index contributed by atoms with van der Waals surface area (Å²) in [6, 6.07) is 3.00.